The smallest absolute Gasteiger partial charge is 0.270 e. The molecule has 6 heteroatoms. The van der Waals surface area contributed by atoms with Crippen LogP contribution < -0.4 is 0 Å². The molecule has 0 aliphatic carbocycles. The average Bonchev–Trinajstić information content (AvgIpc) is 2.24. The van der Waals surface area contributed by atoms with E-state index in [-0.39, 0.29) is 6.61 Å². The van der Waals surface area contributed by atoms with Crippen molar-refractivity contribution in [2.45, 2.75) is 12.8 Å². The monoisotopic (exact) mass is 241 g/mol. The number of aryl methyl sites for hydroxylation is 1. The molecular weight excluding hydrogens is 228 g/mol. The number of benzene rings is 1. The van der Waals surface area contributed by atoms with Gasteiger partial charge in [0.15, 0.2) is 4.98 Å². The normalized spacial score (nSPS) is 11.0. The van der Waals surface area contributed by atoms with Crippen molar-refractivity contribution in [1.82, 2.24) is 0 Å². The fourth-order valence-electron chi connectivity index (χ4n) is 1.22. The van der Waals surface area contributed by atoms with Crippen LogP contribution in [-0.4, -0.2) is 21.3 Å². The molecule has 1 aromatic rings. The molecule has 86 valence electrons. The van der Waals surface area contributed by atoms with Crippen molar-refractivity contribution in [2.75, 3.05) is 12.9 Å². The standard InChI is InChI=1S/C10H13N2O3S/c1-16(13,14)15-8-2-3-9-4-6-10(12-11)7-5-9/h4-7H,2-3,8H2,1H3/q+1. The zero-order valence-corrected chi connectivity index (χ0v) is 9.77. The van der Waals surface area contributed by atoms with Gasteiger partial charge in [0.2, 0.25) is 5.39 Å². The third-order valence-corrected chi connectivity index (χ3v) is 2.55. The van der Waals surface area contributed by atoms with Gasteiger partial charge in [0.1, 0.15) is 0 Å². The van der Waals surface area contributed by atoms with Crippen LogP contribution in [0.1, 0.15) is 12.0 Å². The fourth-order valence-corrected chi connectivity index (χ4v) is 1.64. The summed E-state index contributed by atoms with van der Waals surface area (Å²) in [6.07, 6.45) is 2.38. The van der Waals surface area contributed by atoms with Crippen molar-refractivity contribution in [3.63, 3.8) is 0 Å². The minimum absolute atomic E-state index is 0.185. The van der Waals surface area contributed by atoms with Gasteiger partial charge in [-0.25, -0.2) is 0 Å². The van der Waals surface area contributed by atoms with Crippen LogP contribution in [-0.2, 0) is 20.7 Å². The van der Waals surface area contributed by atoms with Crippen molar-refractivity contribution in [3.05, 3.63) is 34.8 Å². The van der Waals surface area contributed by atoms with Crippen LogP contribution in [0.2, 0.25) is 0 Å². The first-order chi connectivity index (χ1) is 7.51. The van der Waals surface area contributed by atoms with Crippen LogP contribution in [0.4, 0.5) is 5.69 Å². The van der Waals surface area contributed by atoms with Gasteiger partial charge in [-0.2, -0.15) is 8.42 Å². The molecule has 0 saturated carbocycles. The van der Waals surface area contributed by atoms with Gasteiger partial charge in [0.25, 0.3) is 10.1 Å². The number of nitrogens with zero attached hydrogens (tertiary/aromatic N) is 2. The van der Waals surface area contributed by atoms with E-state index in [1.807, 2.05) is 12.1 Å². The zero-order chi connectivity index (χ0) is 12.0. The molecule has 0 aromatic heterocycles. The van der Waals surface area contributed by atoms with Crippen LogP contribution in [0.25, 0.3) is 4.98 Å². The lowest BCUT2D eigenvalue weighted by molar-refractivity contribution is 0.316. The molecule has 0 amide bonds. The molecule has 0 saturated heterocycles. The molecule has 0 radical (unpaired) electrons. The van der Waals surface area contributed by atoms with E-state index in [4.69, 9.17) is 5.39 Å². The first kappa shape index (κ1) is 12.6. The van der Waals surface area contributed by atoms with Crippen molar-refractivity contribution < 1.29 is 12.6 Å². The summed E-state index contributed by atoms with van der Waals surface area (Å²) >= 11 is 0. The number of diazo groups is 1. The topological polar surface area (TPSA) is 71.5 Å². The Morgan fingerprint density at radius 2 is 1.94 bits per heavy atom. The molecule has 1 aromatic carbocycles. The summed E-state index contributed by atoms with van der Waals surface area (Å²) in [4.78, 5) is 3.04. The zero-order valence-electron chi connectivity index (χ0n) is 8.96. The van der Waals surface area contributed by atoms with Gasteiger partial charge in [-0.3, -0.25) is 4.18 Å². The van der Waals surface area contributed by atoms with Gasteiger partial charge < -0.3 is 0 Å². The second-order valence-electron chi connectivity index (χ2n) is 3.40. The summed E-state index contributed by atoms with van der Waals surface area (Å²) in [6, 6.07) is 7.03. The van der Waals surface area contributed by atoms with E-state index in [1.165, 1.54) is 0 Å². The molecule has 0 aliphatic heterocycles. The molecule has 0 fully saturated rings. The van der Waals surface area contributed by atoms with Gasteiger partial charge in [-0.1, -0.05) is 12.1 Å². The maximum Gasteiger partial charge on any atom is 0.385 e. The van der Waals surface area contributed by atoms with Crippen molar-refractivity contribution in [2.24, 2.45) is 0 Å². The highest BCUT2D eigenvalue weighted by Crippen LogP contribution is 2.13. The van der Waals surface area contributed by atoms with Crippen molar-refractivity contribution in [3.8, 4) is 0 Å². The molecule has 0 aliphatic rings. The molecule has 5 nitrogen and oxygen atoms in total. The quantitative estimate of drug-likeness (QED) is 0.449. The van der Waals surface area contributed by atoms with Gasteiger partial charge in [-0.05, 0) is 18.4 Å². The van der Waals surface area contributed by atoms with E-state index in [2.05, 4.69) is 9.16 Å². The predicted octanol–water partition coefficient (Wildman–Crippen LogP) is 2.08. The maximum atomic E-state index is 10.7. The molecular formula is C10H13N2O3S+. The molecule has 0 bridgehead atoms. The number of rotatable bonds is 5. The SMILES string of the molecule is CS(=O)(=O)OCCCc1ccc([N+]#N)cc1. The number of hydrogen-bond acceptors (Lipinski definition) is 4. The second-order valence-corrected chi connectivity index (χ2v) is 5.04. The Hall–Kier alpha value is -1.45. The lowest BCUT2D eigenvalue weighted by Crippen LogP contribution is -2.04. The second kappa shape index (κ2) is 5.58. The average molecular weight is 241 g/mol. The van der Waals surface area contributed by atoms with Gasteiger partial charge in [0, 0.05) is 12.1 Å². The fraction of sp³-hybridized carbons (Fsp3) is 0.400. The molecule has 0 unspecified atom stereocenters. The third kappa shape index (κ3) is 4.87. The largest absolute Gasteiger partial charge is 0.385 e. The van der Waals surface area contributed by atoms with E-state index in [0.29, 0.717) is 12.1 Å². The molecule has 1 rings (SSSR count). The molecule has 0 atom stereocenters. The van der Waals surface area contributed by atoms with Gasteiger partial charge in [0.05, 0.1) is 12.9 Å². The highest BCUT2D eigenvalue weighted by atomic mass is 32.2. The van der Waals surface area contributed by atoms with Gasteiger partial charge >= 0.3 is 5.69 Å². The Morgan fingerprint density at radius 3 is 2.44 bits per heavy atom. The molecule has 0 spiro atoms. The lowest BCUT2D eigenvalue weighted by Gasteiger charge is -2.01. The highest BCUT2D eigenvalue weighted by Gasteiger charge is 2.04. The summed E-state index contributed by atoms with van der Waals surface area (Å²) in [6.45, 7) is 0.185. The maximum absolute atomic E-state index is 10.7. The molecule has 0 N–H and O–H groups in total. The summed E-state index contributed by atoms with van der Waals surface area (Å²) < 4.78 is 25.9. The van der Waals surface area contributed by atoms with E-state index in [0.717, 1.165) is 18.2 Å². The Labute approximate surface area is 94.8 Å². The Bertz CT molecular complexity index is 474. The van der Waals surface area contributed by atoms with Crippen LogP contribution in [0.5, 0.6) is 0 Å². The summed E-state index contributed by atoms with van der Waals surface area (Å²) in [5.74, 6) is 0. The minimum Gasteiger partial charge on any atom is -0.270 e. The van der Waals surface area contributed by atoms with E-state index in [1.54, 1.807) is 12.1 Å². The van der Waals surface area contributed by atoms with E-state index >= 15 is 0 Å². The van der Waals surface area contributed by atoms with Crippen molar-refractivity contribution >= 4 is 15.8 Å². The van der Waals surface area contributed by atoms with E-state index < -0.39 is 10.1 Å². The lowest BCUT2D eigenvalue weighted by atomic mass is 10.1. The first-order valence-electron chi connectivity index (χ1n) is 4.80. The summed E-state index contributed by atoms with van der Waals surface area (Å²) in [5.41, 5.74) is 1.54. The molecule has 16 heavy (non-hydrogen) atoms. The number of hydrogen-bond donors (Lipinski definition) is 0. The summed E-state index contributed by atoms with van der Waals surface area (Å²) in [7, 11) is -3.34. The van der Waals surface area contributed by atoms with Crippen LogP contribution in [0.3, 0.4) is 0 Å². The van der Waals surface area contributed by atoms with Gasteiger partial charge in [-0.15, -0.1) is 0 Å². The highest BCUT2D eigenvalue weighted by molar-refractivity contribution is 7.85. The first-order valence-corrected chi connectivity index (χ1v) is 6.61. The summed E-state index contributed by atoms with van der Waals surface area (Å²) in [5, 5.41) is 8.47. The van der Waals surface area contributed by atoms with Crippen molar-refractivity contribution in [1.29, 1.82) is 5.39 Å². The third-order valence-electron chi connectivity index (χ3n) is 1.96. The molecule has 0 heterocycles. The Kier molecular flexibility index (Phi) is 4.40. The predicted molar refractivity (Wildman–Crippen MR) is 60.3 cm³/mol. The van der Waals surface area contributed by atoms with Crippen LogP contribution in [0.15, 0.2) is 24.3 Å². The van der Waals surface area contributed by atoms with Crippen LogP contribution in [0, 0.1) is 5.39 Å². The van der Waals surface area contributed by atoms with E-state index in [9.17, 15) is 8.42 Å². The Balaban J connectivity index is 2.36. The minimum atomic E-state index is -3.34. The van der Waals surface area contributed by atoms with Crippen LogP contribution >= 0.6 is 0 Å². The Morgan fingerprint density at radius 1 is 1.31 bits per heavy atom.